The largest absolute Gasteiger partial charge is 0.496 e. The van der Waals surface area contributed by atoms with Crippen molar-refractivity contribution < 1.29 is 13.9 Å². The van der Waals surface area contributed by atoms with Crippen molar-refractivity contribution in [1.29, 1.82) is 0 Å². The highest BCUT2D eigenvalue weighted by Gasteiger charge is 2.17. The average molecular weight is 258 g/mol. The van der Waals surface area contributed by atoms with Gasteiger partial charge in [-0.3, -0.25) is 4.79 Å². The third-order valence-electron chi connectivity index (χ3n) is 3.21. The zero-order valence-electron chi connectivity index (χ0n) is 12.0. The van der Waals surface area contributed by atoms with Crippen molar-refractivity contribution in [3.63, 3.8) is 0 Å². The first-order valence-electron chi connectivity index (χ1n) is 6.21. The van der Waals surface area contributed by atoms with E-state index in [-0.39, 0.29) is 5.78 Å². The number of benzene rings is 1. The lowest BCUT2D eigenvalue weighted by Crippen LogP contribution is -2.04. The first-order valence-corrected chi connectivity index (χ1v) is 6.21. The molecule has 0 unspecified atom stereocenters. The van der Waals surface area contributed by atoms with Crippen LogP contribution in [0, 0.1) is 27.7 Å². The second kappa shape index (κ2) is 4.92. The first-order chi connectivity index (χ1) is 8.93. The number of hydrogen-bond donors (Lipinski definition) is 0. The maximum atomic E-state index is 12.5. The van der Waals surface area contributed by atoms with Gasteiger partial charge in [-0.05, 0) is 57.0 Å². The molecule has 100 valence electrons. The van der Waals surface area contributed by atoms with E-state index in [4.69, 9.17) is 9.15 Å². The van der Waals surface area contributed by atoms with E-state index < -0.39 is 0 Å². The second-order valence-corrected chi connectivity index (χ2v) is 4.80. The van der Waals surface area contributed by atoms with Crippen LogP contribution in [-0.2, 0) is 0 Å². The zero-order chi connectivity index (χ0) is 14.2. The summed E-state index contributed by atoms with van der Waals surface area (Å²) in [6.45, 7) is 7.53. The molecule has 2 aromatic rings. The maximum absolute atomic E-state index is 12.5. The minimum atomic E-state index is -0.0109. The fourth-order valence-electron chi connectivity index (χ4n) is 2.42. The van der Waals surface area contributed by atoms with Gasteiger partial charge in [0.2, 0.25) is 0 Å². The van der Waals surface area contributed by atoms with Crippen LogP contribution in [0.2, 0.25) is 0 Å². The molecule has 0 saturated heterocycles. The number of hydrogen-bond acceptors (Lipinski definition) is 3. The summed E-state index contributed by atoms with van der Waals surface area (Å²) in [5.74, 6) is 2.23. The highest BCUT2D eigenvalue weighted by Crippen LogP contribution is 2.26. The first kappa shape index (κ1) is 13.4. The summed E-state index contributed by atoms with van der Waals surface area (Å²) < 4.78 is 10.7. The van der Waals surface area contributed by atoms with Crippen LogP contribution < -0.4 is 4.74 Å². The van der Waals surface area contributed by atoms with E-state index in [0.717, 1.165) is 22.6 Å². The topological polar surface area (TPSA) is 39.4 Å². The number of methoxy groups -OCH3 is 1. The Morgan fingerprint density at radius 3 is 2.05 bits per heavy atom. The molecule has 0 aliphatic carbocycles. The molecule has 0 amide bonds. The monoisotopic (exact) mass is 258 g/mol. The van der Waals surface area contributed by atoms with Gasteiger partial charge in [-0.2, -0.15) is 0 Å². The standard InChI is InChI=1S/C16H18O3/c1-9-6-13(7-10(2)16(9)18-5)15(17)14-8-11(3)19-12(14)4/h6-8H,1-5H3. The van der Waals surface area contributed by atoms with Gasteiger partial charge in [0.15, 0.2) is 5.78 Å². The van der Waals surface area contributed by atoms with Crippen molar-refractivity contribution >= 4 is 5.78 Å². The average Bonchev–Trinajstić information content (AvgIpc) is 2.67. The Balaban J connectivity index is 2.48. The van der Waals surface area contributed by atoms with E-state index in [1.807, 2.05) is 39.8 Å². The van der Waals surface area contributed by atoms with E-state index in [2.05, 4.69) is 0 Å². The van der Waals surface area contributed by atoms with Gasteiger partial charge in [-0.25, -0.2) is 0 Å². The van der Waals surface area contributed by atoms with Gasteiger partial charge in [0.1, 0.15) is 17.3 Å². The van der Waals surface area contributed by atoms with E-state index in [1.165, 1.54) is 0 Å². The van der Waals surface area contributed by atoms with Crippen LogP contribution in [0.1, 0.15) is 38.6 Å². The summed E-state index contributed by atoms with van der Waals surface area (Å²) in [5.41, 5.74) is 3.22. The Labute approximate surface area is 113 Å². The zero-order valence-corrected chi connectivity index (χ0v) is 12.0. The van der Waals surface area contributed by atoms with Gasteiger partial charge in [0, 0.05) is 5.56 Å². The molecule has 19 heavy (non-hydrogen) atoms. The Kier molecular flexibility index (Phi) is 3.47. The molecule has 3 nitrogen and oxygen atoms in total. The summed E-state index contributed by atoms with van der Waals surface area (Å²) in [6, 6.07) is 5.50. The van der Waals surface area contributed by atoms with Crippen LogP contribution in [0.4, 0.5) is 0 Å². The summed E-state index contributed by atoms with van der Waals surface area (Å²) in [7, 11) is 1.64. The molecule has 0 N–H and O–H groups in total. The summed E-state index contributed by atoms with van der Waals surface area (Å²) in [5, 5.41) is 0. The molecule has 0 aliphatic heterocycles. The van der Waals surface area contributed by atoms with Gasteiger partial charge >= 0.3 is 0 Å². The van der Waals surface area contributed by atoms with E-state index in [9.17, 15) is 4.79 Å². The Morgan fingerprint density at radius 1 is 1.05 bits per heavy atom. The molecule has 2 rings (SSSR count). The maximum Gasteiger partial charge on any atom is 0.196 e. The molecule has 0 aliphatic rings. The molecule has 1 heterocycles. The van der Waals surface area contributed by atoms with Crippen LogP contribution in [0.5, 0.6) is 5.75 Å². The van der Waals surface area contributed by atoms with Crippen molar-refractivity contribution in [1.82, 2.24) is 0 Å². The summed E-state index contributed by atoms with van der Waals surface area (Å²) in [6.07, 6.45) is 0. The summed E-state index contributed by atoms with van der Waals surface area (Å²) in [4.78, 5) is 12.5. The minimum Gasteiger partial charge on any atom is -0.496 e. The number of furan rings is 1. The molecule has 1 aromatic heterocycles. The Hall–Kier alpha value is -2.03. The Bertz CT molecular complexity index is 612. The van der Waals surface area contributed by atoms with Crippen molar-refractivity contribution in [2.24, 2.45) is 0 Å². The van der Waals surface area contributed by atoms with Gasteiger partial charge in [-0.1, -0.05) is 0 Å². The number of carbonyl (C=O) groups excluding carboxylic acids is 1. The van der Waals surface area contributed by atoms with Crippen molar-refractivity contribution in [3.05, 3.63) is 52.0 Å². The third kappa shape index (κ3) is 2.41. The van der Waals surface area contributed by atoms with E-state index in [0.29, 0.717) is 16.9 Å². The lowest BCUT2D eigenvalue weighted by Gasteiger charge is -2.10. The molecule has 0 fully saturated rings. The number of ketones is 1. The summed E-state index contributed by atoms with van der Waals surface area (Å²) >= 11 is 0. The molecule has 0 bridgehead atoms. The highest BCUT2D eigenvalue weighted by molar-refractivity contribution is 6.10. The number of aryl methyl sites for hydroxylation is 4. The molecule has 0 saturated carbocycles. The van der Waals surface area contributed by atoms with Crippen molar-refractivity contribution in [3.8, 4) is 5.75 Å². The van der Waals surface area contributed by atoms with Crippen LogP contribution in [0.3, 0.4) is 0 Å². The second-order valence-electron chi connectivity index (χ2n) is 4.80. The number of rotatable bonds is 3. The molecular formula is C16H18O3. The SMILES string of the molecule is COc1c(C)cc(C(=O)c2cc(C)oc2C)cc1C. The lowest BCUT2D eigenvalue weighted by molar-refractivity contribution is 0.103. The van der Waals surface area contributed by atoms with Gasteiger partial charge in [0.05, 0.1) is 12.7 Å². The highest BCUT2D eigenvalue weighted by atomic mass is 16.5. The molecule has 0 spiro atoms. The fraction of sp³-hybridized carbons (Fsp3) is 0.312. The minimum absolute atomic E-state index is 0.0109. The molecule has 1 aromatic carbocycles. The predicted octanol–water partition coefficient (Wildman–Crippen LogP) is 3.75. The molecule has 0 atom stereocenters. The third-order valence-corrected chi connectivity index (χ3v) is 3.21. The fourth-order valence-corrected chi connectivity index (χ4v) is 2.42. The van der Waals surface area contributed by atoms with Crippen molar-refractivity contribution in [2.45, 2.75) is 27.7 Å². The van der Waals surface area contributed by atoms with Crippen LogP contribution in [0.15, 0.2) is 22.6 Å². The number of ether oxygens (including phenoxy) is 1. The molecule has 3 heteroatoms. The van der Waals surface area contributed by atoms with Crippen molar-refractivity contribution in [2.75, 3.05) is 7.11 Å². The van der Waals surface area contributed by atoms with Crippen LogP contribution in [-0.4, -0.2) is 12.9 Å². The van der Waals surface area contributed by atoms with E-state index in [1.54, 1.807) is 13.2 Å². The quantitative estimate of drug-likeness (QED) is 0.787. The smallest absolute Gasteiger partial charge is 0.196 e. The van der Waals surface area contributed by atoms with E-state index >= 15 is 0 Å². The molecule has 0 radical (unpaired) electrons. The van der Waals surface area contributed by atoms with Crippen LogP contribution in [0.25, 0.3) is 0 Å². The number of carbonyl (C=O) groups is 1. The normalized spacial score (nSPS) is 10.6. The molecular weight excluding hydrogens is 240 g/mol. The van der Waals surface area contributed by atoms with Crippen LogP contribution >= 0.6 is 0 Å². The van der Waals surface area contributed by atoms with Gasteiger partial charge in [0.25, 0.3) is 0 Å². The predicted molar refractivity (Wildman–Crippen MR) is 74.1 cm³/mol. The Morgan fingerprint density at radius 2 is 1.63 bits per heavy atom. The van der Waals surface area contributed by atoms with Gasteiger partial charge in [-0.15, -0.1) is 0 Å². The lowest BCUT2D eigenvalue weighted by atomic mass is 9.99. The van der Waals surface area contributed by atoms with Gasteiger partial charge < -0.3 is 9.15 Å².